The summed E-state index contributed by atoms with van der Waals surface area (Å²) in [5.41, 5.74) is 35.6. The van der Waals surface area contributed by atoms with Crippen molar-refractivity contribution in [3.63, 3.8) is 0 Å². The van der Waals surface area contributed by atoms with Gasteiger partial charge in [-0.25, -0.2) is 28.7 Å². The van der Waals surface area contributed by atoms with Crippen molar-refractivity contribution in [1.82, 2.24) is 41.9 Å². The Morgan fingerprint density at radius 3 is 1.09 bits per heavy atom. The molecule has 12 heterocycles. The van der Waals surface area contributed by atoms with Gasteiger partial charge in [0.15, 0.2) is 18.6 Å². The number of benzene rings is 9. The average molecular weight is 1400 g/mol. The third kappa shape index (κ3) is 8.52. The number of pyridine rings is 3. The maximum Gasteiger partial charge on any atom is 0.220 e. The topological polar surface area (TPSA) is 78.3 Å². The molecule has 3 aliphatic rings. The molecule has 12 nitrogen and oxygen atoms in total. The van der Waals surface area contributed by atoms with Crippen LogP contribution in [0.3, 0.4) is 0 Å². The highest BCUT2D eigenvalue weighted by atomic mass is 15.3. The molecule has 0 fully saturated rings. The van der Waals surface area contributed by atoms with Gasteiger partial charge in [-0.3, -0.25) is 26.9 Å². The number of fused-ring (bicyclic) bond motifs is 21. The number of aryl methyl sites for hydroxylation is 11. The van der Waals surface area contributed by atoms with E-state index >= 15 is 0 Å². The second-order valence-electron chi connectivity index (χ2n) is 31.4. The molecule has 18 aromatic rings. The lowest BCUT2D eigenvalue weighted by Gasteiger charge is -2.36. The fourth-order valence-electron chi connectivity index (χ4n) is 19.4. The smallest absolute Gasteiger partial charge is 0.220 e. The molecule has 9 aromatic heterocycles. The summed E-state index contributed by atoms with van der Waals surface area (Å²) in [5, 5.41) is 0. The molecule has 0 bridgehead atoms. The van der Waals surface area contributed by atoms with Gasteiger partial charge in [0.1, 0.15) is 21.1 Å². The van der Waals surface area contributed by atoms with Gasteiger partial charge < -0.3 is 0 Å². The van der Waals surface area contributed by atoms with Crippen LogP contribution in [-0.2, 0) is 37.8 Å². The van der Waals surface area contributed by atoms with E-state index in [9.17, 15) is 0 Å². The van der Waals surface area contributed by atoms with Crippen LogP contribution in [0.15, 0.2) is 195 Å². The lowest BCUT2D eigenvalue weighted by molar-refractivity contribution is -0.661. The predicted octanol–water partition coefficient (Wildman–Crippen LogP) is 20.2. The van der Waals surface area contributed by atoms with Gasteiger partial charge in [-0.2, -0.15) is 0 Å². The number of hydrogen-bond acceptors (Lipinski definition) is 3. The fourth-order valence-corrected chi connectivity index (χ4v) is 19.4. The van der Waals surface area contributed by atoms with Crippen LogP contribution in [0.4, 0.5) is 0 Å². The van der Waals surface area contributed by atoms with Crippen molar-refractivity contribution in [3.8, 4) is 67.2 Å². The highest BCUT2D eigenvalue weighted by molar-refractivity contribution is 6.05. The summed E-state index contributed by atoms with van der Waals surface area (Å²) in [5.74, 6) is 2.67. The number of aromatic nitrogens is 12. The molecule has 106 heavy (non-hydrogen) atoms. The van der Waals surface area contributed by atoms with Gasteiger partial charge in [-0.05, 0) is 232 Å². The van der Waals surface area contributed by atoms with Crippen molar-refractivity contribution in [3.05, 3.63) is 267 Å². The Balaban J connectivity index is 0.000000116. The van der Waals surface area contributed by atoms with E-state index < -0.39 is 31.6 Å². The molecular weight excluding hydrogens is 1300 g/mol. The van der Waals surface area contributed by atoms with Crippen LogP contribution in [0.25, 0.3) is 151 Å². The largest absolute Gasteiger partial charge is 0.299 e. The summed E-state index contributed by atoms with van der Waals surface area (Å²) in [4.78, 5) is 15.4. The maximum atomic E-state index is 8.57. The molecule has 522 valence electrons. The minimum Gasteiger partial charge on any atom is -0.299 e. The maximum absolute atomic E-state index is 8.57. The quantitative estimate of drug-likeness (QED) is 0.165. The second kappa shape index (κ2) is 22.4. The van der Waals surface area contributed by atoms with Crippen LogP contribution < -0.4 is 13.7 Å². The highest BCUT2D eigenvalue weighted by Gasteiger charge is 2.48. The number of rotatable bonds is 3. The first-order valence-electron chi connectivity index (χ1n) is 41.1. The first-order chi connectivity index (χ1) is 54.5. The van der Waals surface area contributed by atoms with Crippen LogP contribution >= 0.6 is 0 Å². The van der Waals surface area contributed by atoms with Crippen molar-refractivity contribution in [2.24, 2.45) is 21.1 Å². The summed E-state index contributed by atoms with van der Waals surface area (Å²) >= 11 is 0. The summed E-state index contributed by atoms with van der Waals surface area (Å²) < 4.78 is 95.9. The van der Waals surface area contributed by atoms with Gasteiger partial charge in [0.05, 0.1) is 116 Å². The second-order valence-corrected chi connectivity index (χ2v) is 31.4. The Hall–Kier alpha value is -11.8. The first-order valence-corrected chi connectivity index (χ1v) is 36.6. The third-order valence-corrected chi connectivity index (χ3v) is 23.9. The SMILES string of the molecule is Cc1ccccc1-c1c[n+](C)c2c(c1C)C(C)(C)n1c3c-2c(C)ccc3n2c3ccccc3nc12.[2H]C([2H])([2H])c1cccc(C)c1-c1c[n+](C)c2c(c1C)C(C)(C)n1c3c-2c(C)ccc3n2c3ccccc3nc12.[2H]C([2H])([2H])c1ccccc1-c1c(C([2H])([2H])[2H])c[n+](C)c2c1C(C)(C)n1c3c-2c(C)ccc3n2c3ccccc3nc12. The summed E-state index contributed by atoms with van der Waals surface area (Å²) in [6.45, 7) is 21.3. The van der Waals surface area contributed by atoms with Crippen molar-refractivity contribution in [2.75, 3.05) is 0 Å². The van der Waals surface area contributed by atoms with Crippen LogP contribution in [0.2, 0.25) is 0 Å². The zero-order chi connectivity index (χ0) is 81.0. The normalized spacial score (nSPS) is 15.8. The van der Waals surface area contributed by atoms with Crippen LogP contribution in [0.1, 0.15) is 126 Å². The Morgan fingerprint density at radius 1 is 0.292 bits per heavy atom. The van der Waals surface area contributed by atoms with E-state index in [0.717, 1.165) is 112 Å². The van der Waals surface area contributed by atoms with Crippen LogP contribution in [-0.4, -0.2) is 41.9 Å². The summed E-state index contributed by atoms with van der Waals surface area (Å²) in [6, 6.07) is 59.0. The zero-order valence-corrected chi connectivity index (χ0v) is 62.8. The first kappa shape index (κ1) is 55.7. The Kier molecular flexibility index (Phi) is 11.8. The Morgan fingerprint density at radius 2 is 0.642 bits per heavy atom. The number of para-hydroxylation sites is 6. The van der Waals surface area contributed by atoms with E-state index in [2.05, 4.69) is 255 Å². The molecule has 12 heteroatoms. The number of hydrogen-bond donors (Lipinski definition) is 0. The highest BCUT2D eigenvalue weighted by Crippen LogP contribution is 2.54. The molecule has 0 aliphatic carbocycles. The van der Waals surface area contributed by atoms with E-state index in [1.165, 1.54) is 83.6 Å². The average Bonchev–Trinajstić information content (AvgIpc) is 1.56. The molecule has 0 unspecified atom stereocenters. The van der Waals surface area contributed by atoms with Gasteiger partial charge in [0, 0.05) is 34.6 Å². The van der Waals surface area contributed by atoms with Gasteiger partial charge in [-0.15, -0.1) is 0 Å². The predicted molar refractivity (Wildman–Crippen MR) is 433 cm³/mol. The molecule has 3 aliphatic heterocycles. The molecule has 0 amide bonds. The lowest BCUT2D eigenvalue weighted by Crippen LogP contribution is -2.41. The van der Waals surface area contributed by atoms with Crippen molar-refractivity contribution < 1.29 is 26.0 Å². The summed E-state index contributed by atoms with van der Waals surface area (Å²) in [6.07, 6.45) is 6.11. The van der Waals surface area contributed by atoms with E-state index in [0.29, 0.717) is 16.7 Å². The third-order valence-electron chi connectivity index (χ3n) is 23.9. The molecular formula is C94H89N12+3. The molecule has 0 N–H and O–H groups in total. The van der Waals surface area contributed by atoms with Crippen LogP contribution in [0, 0.1) is 69.0 Å². The lowest BCUT2D eigenvalue weighted by atomic mass is 9.78. The van der Waals surface area contributed by atoms with E-state index in [4.69, 9.17) is 27.3 Å². The van der Waals surface area contributed by atoms with Gasteiger partial charge in [0.2, 0.25) is 34.4 Å². The number of nitrogens with zero attached hydrogens (tertiary/aromatic N) is 12. The zero-order valence-electron chi connectivity index (χ0n) is 71.8. The molecule has 0 spiro atoms. The van der Waals surface area contributed by atoms with Gasteiger partial charge in [0.25, 0.3) is 0 Å². The van der Waals surface area contributed by atoms with Crippen molar-refractivity contribution in [1.29, 1.82) is 0 Å². The van der Waals surface area contributed by atoms with Crippen molar-refractivity contribution >= 4 is 83.5 Å². The molecule has 9 aromatic carbocycles. The van der Waals surface area contributed by atoms with Gasteiger partial charge in [-0.1, -0.05) is 121 Å². The molecule has 0 saturated carbocycles. The van der Waals surface area contributed by atoms with Crippen molar-refractivity contribution in [2.45, 2.75) is 127 Å². The minimum atomic E-state index is -2.49. The summed E-state index contributed by atoms with van der Waals surface area (Å²) in [7, 11) is 6.16. The minimum absolute atomic E-state index is 0.119. The number of imidazole rings is 6. The Labute approximate surface area is 630 Å². The molecule has 0 saturated heterocycles. The standard InChI is InChI=1S/C32H31N4.2C31H29N4/c1-18-11-10-12-19(2)26(18)22-17-34(7)30-27-20(3)15-16-25-29(27)36(32(5,6)28(30)21(22)4)31-33-23-13-8-9-14-24(23)35(25)31;1-18-11-7-8-12-21(18)22-17-33(6)29-26-19(2)15-16-25-28(26)35(31(4,5)27(29)20(22)3)30-32-23-13-9-10-14-24(23)34(25)30;1-18-11-7-8-12-21(18)25-20(3)17-33(6)29-26-19(2)15-16-24-28(26)35(31(4,5)27(25)29)30-32-22-13-9-10-14-23(22)34(24)30/h8-17H,1-7H3;2*7-17H,1-6H3/q3*+1/i1D3;;1D3,3D3. The van der Waals surface area contributed by atoms with Crippen LogP contribution in [0.5, 0.6) is 0 Å². The van der Waals surface area contributed by atoms with Gasteiger partial charge >= 0.3 is 0 Å². The molecule has 0 radical (unpaired) electrons. The Bertz CT molecular complexity index is 7340. The fraction of sp³-hybridized carbons (Fsp3) is 0.234. The van der Waals surface area contributed by atoms with E-state index in [1.54, 1.807) is 36.5 Å². The van der Waals surface area contributed by atoms with E-state index in [-0.39, 0.29) is 16.7 Å². The molecule has 0 atom stereocenters. The molecule has 21 rings (SSSR count). The monoisotopic (exact) mass is 1390 g/mol. The van der Waals surface area contributed by atoms with E-state index in [1.807, 2.05) is 54.9 Å².